The van der Waals surface area contributed by atoms with Crippen LogP contribution in [0.25, 0.3) is 0 Å². The Balaban J connectivity index is 2.14. The van der Waals surface area contributed by atoms with Crippen molar-refractivity contribution in [3.05, 3.63) is 24.3 Å². The van der Waals surface area contributed by atoms with Gasteiger partial charge in [-0.1, -0.05) is 19.1 Å². The molecule has 0 aromatic heterocycles. The predicted molar refractivity (Wildman–Crippen MR) is 101 cm³/mol. The number of carboxylic acids is 1. The van der Waals surface area contributed by atoms with Crippen LogP contribution >= 0.6 is 11.8 Å². The second-order valence-electron chi connectivity index (χ2n) is 6.49. The number of hydrogen-bond acceptors (Lipinski definition) is 5. The fraction of sp³-hybridized carbons (Fsp3) is 0.556. The lowest BCUT2D eigenvalue weighted by Crippen LogP contribution is -2.45. The summed E-state index contributed by atoms with van der Waals surface area (Å²) in [4.78, 5) is 26.3. The number of nitrogens with zero attached hydrogens (tertiary/aromatic N) is 1. The molecule has 1 aliphatic rings. The van der Waals surface area contributed by atoms with Crippen LogP contribution in [0.3, 0.4) is 0 Å². The largest absolute Gasteiger partial charge is 0.481 e. The number of carbonyl (C=O) groups excluding carboxylic acids is 1. The molecule has 1 heterocycles. The molecule has 2 atom stereocenters. The molecule has 2 rings (SSSR count). The van der Waals surface area contributed by atoms with E-state index in [-0.39, 0.29) is 23.1 Å². The molecule has 1 aromatic carbocycles. The number of benzene rings is 1. The molecular weight excluding hydrogens is 374 g/mol. The Morgan fingerprint density at radius 3 is 2.69 bits per heavy atom. The normalized spacial score (nSPS) is 19.2. The van der Waals surface area contributed by atoms with Crippen molar-refractivity contribution in [1.82, 2.24) is 4.90 Å². The highest BCUT2D eigenvalue weighted by molar-refractivity contribution is 8.01. The number of piperidine rings is 1. The minimum absolute atomic E-state index is 0.0688. The maximum atomic E-state index is 12.7. The average Bonchev–Trinajstić information content (AvgIpc) is 2.61. The highest BCUT2D eigenvalue weighted by atomic mass is 32.2. The van der Waals surface area contributed by atoms with Gasteiger partial charge < -0.3 is 10.0 Å². The number of likely N-dealkylation sites (tertiary alicyclic amines) is 1. The van der Waals surface area contributed by atoms with Crippen LogP contribution in [0.1, 0.15) is 33.1 Å². The first-order chi connectivity index (χ1) is 12.3. The third-order valence-electron chi connectivity index (χ3n) is 4.39. The van der Waals surface area contributed by atoms with Crippen LogP contribution in [-0.2, 0) is 19.4 Å². The molecule has 1 aromatic rings. The summed E-state index contributed by atoms with van der Waals surface area (Å²) in [5.41, 5.74) is 0. The Morgan fingerprint density at radius 2 is 2.04 bits per heavy atom. The molecule has 0 bridgehead atoms. The highest BCUT2D eigenvalue weighted by Gasteiger charge is 2.31. The van der Waals surface area contributed by atoms with E-state index in [1.807, 2.05) is 6.92 Å². The summed E-state index contributed by atoms with van der Waals surface area (Å²) >= 11 is 1.22. The molecule has 144 valence electrons. The lowest BCUT2D eigenvalue weighted by molar-refractivity contribution is -0.145. The van der Waals surface area contributed by atoms with Gasteiger partial charge in [0.2, 0.25) is 5.91 Å². The van der Waals surface area contributed by atoms with Gasteiger partial charge in [0, 0.05) is 18.0 Å². The van der Waals surface area contributed by atoms with Crippen molar-refractivity contribution in [3.63, 3.8) is 0 Å². The van der Waals surface area contributed by atoms with E-state index in [1.54, 1.807) is 36.1 Å². The van der Waals surface area contributed by atoms with Crippen molar-refractivity contribution in [1.29, 1.82) is 0 Å². The highest BCUT2D eigenvalue weighted by Crippen LogP contribution is 2.32. The van der Waals surface area contributed by atoms with Crippen molar-refractivity contribution in [2.45, 2.75) is 48.2 Å². The molecule has 1 amide bonds. The van der Waals surface area contributed by atoms with E-state index in [2.05, 4.69) is 0 Å². The van der Waals surface area contributed by atoms with Crippen LogP contribution in [0.4, 0.5) is 0 Å². The van der Waals surface area contributed by atoms with Crippen LogP contribution in [0.5, 0.6) is 0 Å². The van der Waals surface area contributed by atoms with Gasteiger partial charge in [0.1, 0.15) is 0 Å². The molecular formula is C18H25NO5S2. The summed E-state index contributed by atoms with van der Waals surface area (Å²) in [6, 6.07) is 6.73. The summed E-state index contributed by atoms with van der Waals surface area (Å²) < 4.78 is 24.9. The first-order valence-corrected chi connectivity index (χ1v) is 11.3. The first kappa shape index (κ1) is 20.8. The van der Waals surface area contributed by atoms with Gasteiger partial charge in [-0.05, 0) is 38.3 Å². The number of carbonyl (C=O) groups is 2. The van der Waals surface area contributed by atoms with Gasteiger partial charge in [-0.2, -0.15) is 0 Å². The van der Waals surface area contributed by atoms with Gasteiger partial charge in [-0.25, -0.2) is 8.42 Å². The molecule has 1 N–H and O–H groups in total. The summed E-state index contributed by atoms with van der Waals surface area (Å²) in [5.74, 6) is -1.48. The van der Waals surface area contributed by atoms with Crippen LogP contribution in [0.15, 0.2) is 34.1 Å². The predicted octanol–water partition coefficient (Wildman–Crippen LogP) is 2.67. The molecule has 1 aliphatic heterocycles. The number of amides is 1. The Bertz CT molecular complexity index is 763. The second kappa shape index (κ2) is 8.90. The standard InChI is InChI=1S/C18H25NO5S2/c1-3-11-26(23,24)16-9-5-4-8-15(16)25-13(2)17(20)19-10-6-7-14(12-19)18(21)22/h4-5,8-9,13-14H,3,6-7,10-12H2,1-2H3,(H,21,22)/t13?,14-/m0/s1. The van der Waals surface area contributed by atoms with Crippen LogP contribution < -0.4 is 0 Å². The molecule has 0 spiro atoms. The lowest BCUT2D eigenvalue weighted by atomic mass is 9.98. The molecule has 26 heavy (non-hydrogen) atoms. The SMILES string of the molecule is CCCS(=O)(=O)c1ccccc1SC(C)C(=O)N1CCC[C@H](C(=O)O)C1. The monoisotopic (exact) mass is 399 g/mol. The number of hydrogen-bond donors (Lipinski definition) is 1. The van der Waals surface area contributed by atoms with Crippen molar-refractivity contribution in [2.75, 3.05) is 18.8 Å². The average molecular weight is 400 g/mol. The fourth-order valence-corrected chi connectivity index (χ4v) is 5.98. The molecule has 1 saturated heterocycles. The summed E-state index contributed by atoms with van der Waals surface area (Å²) in [7, 11) is -3.38. The topological polar surface area (TPSA) is 91.8 Å². The first-order valence-electron chi connectivity index (χ1n) is 8.76. The van der Waals surface area contributed by atoms with Gasteiger partial charge >= 0.3 is 5.97 Å². The van der Waals surface area contributed by atoms with E-state index in [1.165, 1.54) is 11.8 Å². The summed E-state index contributed by atoms with van der Waals surface area (Å²) in [5, 5.41) is 8.69. The van der Waals surface area contributed by atoms with Gasteiger partial charge in [0.05, 0.1) is 21.8 Å². The molecule has 0 radical (unpaired) electrons. The Labute approximate surface area is 158 Å². The minimum atomic E-state index is -3.38. The molecule has 6 nitrogen and oxygen atoms in total. The maximum absolute atomic E-state index is 12.7. The number of thioether (sulfide) groups is 1. The van der Waals surface area contributed by atoms with Gasteiger partial charge in [-0.3, -0.25) is 9.59 Å². The van der Waals surface area contributed by atoms with Gasteiger partial charge in [0.25, 0.3) is 0 Å². The number of sulfone groups is 1. The van der Waals surface area contributed by atoms with E-state index < -0.39 is 27.0 Å². The van der Waals surface area contributed by atoms with Crippen LogP contribution in [0.2, 0.25) is 0 Å². The van der Waals surface area contributed by atoms with E-state index in [0.29, 0.717) is 30.7 Å². The molecule has 8 heteroatoms. The minimum Gasteiger partial charge on any atom is -0.481 e. The smallest absolute Gasteiger partial charge is 0.308 e. The van der Waals surface area contributed by atoms with Crippen molar-refractivity contribution in [2.24, 2.45) is 5.92 Å². The maximum Gasteiger partial charge on any atom is 0.308 e. The molecule has 0 saturated carbocycles. The van der Waals surface area contributed by atoms with E-state index >= 15 is 0 Å². The zero-order chi connectivity index (χ0) is 19.3. The Kier molecular flexibility index (Phi) is 7.11. The quantitative estimate of drug-likeness (QED) is 0.709. The lowest BCUT2D eigenvalue weighted by Gasteiger charge is -2.32. The zero-order valence-corrected chi connectivity index (χ0v) is 16.7. The van der Waals surface area contributed by atoms with E-state index in [0.717, 1.165) is 0 Å². The van der Waals surface area contributed by atoms with Gasteiger partial charge in [0.15, 0.2) is 9.84 Å². The number of carboxylic acid groups (broad SMARTS) is 1. The Hall–Kier alpha value is -1.54. The van der Waals surface area contributed by atoms with E-state index in [9.17, 15) is 23.1 Å². The number of aliphatic carboxylic acids is 1. The summed E-state index contributed by atoms with van der Waals surface area (Å²) in [6.45, 7) is 4.31. The van der Waals surface area contributed by atoms with Crippen LogP contribution in [0, 0.1) is 5.92 Å². The zero-order valence-electron chi connectivity index (χ0n) is 15.1. The fourth-order valence-electron chi connectivity index (χ4n) is 3.06. The second-order valence-corrected chi connectivity index (χ2v) is 9.95. The summed E-state index contributed by atoms with van der Waals surface area (Å²) in [6.07, 6.45) is 1.78. The molecule has 0 aliphatic carbocycles. The third kappa shape index (κ3) is 5.01. The Morgan fingerprint density at radius 1 is 1.35 bits per heavy atom. The van der Waals surface area contributed by atoms with Gasteiger partial charge in [-0.15, -0.1) is 11.8 Å². The van der Waals surface area contributed by atoms with Crippen LogP contribution in [-0.4, -0.2) is 54.4 Å². The third-order valence-corrected chi connectivity index (χ3v) is 7.66. The number of rotatable bonds is 7. The molecule has 1 unspecified atom stereocenters. The van der Waals surface area contributed by atoms with Crippen molar-refractivity contribution >= 4 is 33.5 Å². The molecule has 1 fully saturated rings. The van der Waals surface area contributed by atoms with Crippen molar-refractivity contribution in [3.8, 4) is 0 Å². The van der Waals surface area contributed by atoms with E-state index in [4.69, 9.17) is 0 Å². The van der Waals surface area contributed by atoms with Crippen molar-refractivity contribution < 1.29 is 23.1 Å².